The Balaban J connectivity index is 1.45. The smallest absolute Gasteiger partial charge is 0.243 e. The lowest BCUT2D eigenvalue weighted by Crippen LogP contribution is -2.49. The number of piperazine rings is 1. The number of nitrogens with zero attached hydrogens (tertiary/aromatic N) is 4. The van der Waals surface area contributed by atoms with Crippen molar-refractivity contribution in [2.75, 3.05) is 48.8 Å². The number of rotatable bonds is 6. The Morgan fingerprint density at radius 3 is 2.09 bits per heavy atom. The molecule has 8 nitrogen and oxygen atoms in total. The molecule has 1 saturated heterocycles. The molecule has 0 amide bonds. The van der Waals surface area contributed by atoms with E-state index in [0.717, 1.165) is 22.9 Å². The van der Waals surface area contributed by atoms with Gasteiger partial charge < -0.3 is 15.5 Å². The molecule has 2 heterocycles. The van der Waals surface area contributed by atoms with Gasteiger partial charge >= 0.3 is 0 Å². The first kappa shape index (κ1) is 22.0. The van der Waals surface area contributed by atoms with Crippen LogP contribution in [0.25, 0.3) is 0 Å². The maximum atomic E-state index is 13.0. The van der Waals surface area contributed by atoms with Crippen molar-refractivity contribution >= 4 is 33.2 Å². The summed E-state index contributed by atoms with van der Waals surface area (Å²) in [6.45, 7) is 5.81. The minimum absolute atomic E-state index is 0.307. The molecule has 1 aliphatic heterocycles. The van der Waals surface area contributed by atoms with Gasteiger partial charge in [-0.3, -0.25) is 0 Å². The Morgan fingerprint density at radius 1 is 0.844 bits per heavy atom. The van der Waals surface area contributed by atoms with Gasteiger partial charge in [0.25, 0.3) is 0 Å². The van der Waals surface area contributed by atoms with Crippen molar-refractivity contribution in [3.05, 3.63) is 65.9 Å². The number of anilines is 4. The van der Waals surface area contributed by atoms with Crippen molar-refractivity contribution in [1.82, 2.24) is 14.3 Å². The molecule has 1 fully saturated rings. The predicted molar refractivity (Wildman–Crippen MR) is 128 cm³/mol. The van der Waals surface area contributed by atoms with Crippen LogP contribution >= 0.6 is 0 Å². The van der Waals surface area contributed by atoms with Crippen LogP contribution in [0, 0.1) is 13.8 Å². The molecule has 0 radical (unpaired) electrons. The first-order valence-corrected chi connectivity index (χ1v) is 12.0. The normalized spacial score (nSPS) is 14.9. The van der Waals surface area contributed by atoms with Crippen LogP contribution in [-0.2, 0) is 10.0 Å². The largest absolute Gasteiger partial charge is 0.388 e. The van der Waals surface area contributed by atoms with Crippen molar-refractivity contribution in [1.29, 1.82) is 0 Å². The lowest BCUT2D eigenvalue weighted by atomic mass is 10.2. The van der Waals surface area contributed by atoms with E-state index >= 15 is 0 Å². The standard InChI is InChI=1S/C23H28N6O2S/c1-17-4-6-20(7-5-17)26-22-16-18(2)25-23(27-22)28-12-14-29(15-13-28)32(30,31)21-10-8-19(24-3)9-11-21/h4-11,16,24H,12-15H2,1-3H3,(H,25,26,27). The monoisotopic (exact) mass is 452 g/mol. The third kappa shape index (κ3) is 4.84. The number of hydrogen-bond acceptors (Lipinski definition) is 7. The highest BCUT2D eigenvalue weighted by molar-refractivity contribution is 7.89. The number of aromatic nitrogens is 2. The van der Waals surface area contributed by atoms with E-state index < -0.39 is 10.0 Å². The third-order valence-electron chi connectivity index (χ3n) is 5.47. The van der Waals surface area contributed by atoms with Gasteiger partial charge in [0.1, 0.15) is 5.82 Å². The fraction of sp³-hybridized carbons (Fsp3) is 0.304. The van der Waals surface area contributed by atoms with E-state index in [1.54, 1.807) is 31.3 Å². The molecule has 2 N–H and O–H groups in total. The van der Waals surface area contributed by atoms with Crippen molar-refractivity contribution in [2.45, 2.75) is 18.7 Å². The van der Waals surface area contributed by atoms with Gasteiger partial charge in [-0.1, -0.05) is 17.7 Å². The second-order valence-corrected chi connectivity index (χ2v) is 9.79. The minimum atomic E-state index is -3.53. The first-order chi connectivity index (χ1) is 15.3. The molecule has 0 aliphatic carbocycles. The summed E-state index contributed by atoms with van der Waals surface area (Å²) in [7, 11) is -1.72. The number of benzene rings is 2. The summed E-state index contributed by atoms with van der Waals surface area (Å²) in [6.07, 6.45) is 0. The molecule has 1 aliphatic rings. The van der Waals surface area contributed by atoms with E-state index in [1.807, 2.05) is 49.1 Å². The fourth-order valence-corrected chi connectivity index (χ4v) is 5.04. The van der Waals surface area contributed by atoms with Gasteiger partial charge in [0, 0.05) is 56.4 Å². The number of hydrogen-bond donors (Lipinski definition) is 2. The first-order valence-electron chi connectivity index (χ1n) is 10.6. The highest BCUT2D eigenvalue weighted by atomic mass is 32.2. The van der Waals surface area contributed by atoms with Gasteiger partial charge in [-0.2, -0.15) is 9.29 Å². The summed E-state index contributed by atoms with van der Waals surface area (Å²) in [4.78, 5) is 11.6. The van der Waals surface area contributed by atoms with E-state index in [1.165, 1.54) is 9.87 Å². The lowest BCUT2D eigenvalue weighted by molar-refractivity contribution is 0.382. The molecule has 32 heavy (non-hydrogen) atoms. The Labute approximate surface area is 189 Å². The summed E-state index contributed by atoms with van der Waals surface area (Å²) < 4.78 is 27.5. The number of sulfonamides is 1. The second-order valence-electron chi connectivity index (χ2n) is 7.85. The van der Waals surface area contributed by atoms with E-state index in [2.05, 4.69) is 20.6 Å². The molecular weight excluding hydrogens is 424 g/mol. The number of aryl methyl sites for hydroxylation is 2. The van der Waals surface area contributed by atoms with Gasteiger partial charge in [0.15, 0.2) is 0 Å². The maximum Gasteiger partial charge on any atom is 0.243 e. The Morgan fingerprint density at radius 2 is 1.47 bits per heavy atom. The van der Waals surface area contributed by atoms with Crippen molar-refractivity contribution in [2.24, 2.45) is 0 Å². The summed E-state index contributed by atoms with van der Waals surface area (Å²) in [5.41, 5.74) is 3.88. The molecule has 9 heteroatoms. The predicted octanol–water partition coefficient (Wildman–Crippen LogP) is 3.39. The molecule has 0 spiro atoms. The van der Waals surface area contributed by atoms with Crippen LogP contribution in [0.2, 0.25) is 0 Å². The fourth-order valence-electron chi connectivity index (χ4n) is 3.61. The molecule has 0 saturated carbocycles. The zero-order chi connectivity index (χ0) is 22.7. The molecule has 0 atom stereocenters. The summed E-state index contributed by atoms with van der Waals surface area (Å²) in [5, 5.41) is 6.33. The molecule has 2 aromatic carbocycles. The van der Waals surface area contributed by atoms with E-state index in [4.69, 9.17) is 0 Å². The average molecular weight is 453 g/mol. The topological polar surface area (TPSA) is 90.5 Å². The molecule has 4 rings (SSSR count). The zero-order valence-corrected chi connectivity index (χ0v) is 19.4. The van der Waals surface area contributed by atoms with E-state index in [0.29, 0.717) is 37.0 Å². The highest BCUT2D eigenvalue weighted by Gasteiger charge is 2.29. The molecule has 3 aromatic rings. The van der Waals surface area contributed by atoms with Gasteiger partial charge in [0.2, 0.25) is 16.0 Å². The maximum absolute atomic E-state index is 13.0. The quantitative estimate of drug-likeness (QED) is 0.592. The molecule has 0 bridgehead atoms. The van der Waals surface area contributed by atoms with Crippen LogP contribution in [0.3, 0.4) is 0 Å². The lowest BCUT2D eigenvalue weighted by Gasteiger charge is -2.34. The highest BCUT2D eigenvalue weighted by Crippen LogP contribution is 2.23. The SMILES string of the molecule is CNc1ccc(S(=O)(=O)N2CCN(c3nc(C)cc(Nc4ccc(C)cc4)n3)CC2)cc1. The summed E-state index contributed by atoms with van der Waals surface area (Å²) >= 11 is 0. The summed E-state index contributed by atoms with van der Waals surface area (Å²) in [5.74, 6) is 1.33. The van der Waals surface area contributed by atoms with Gasteiger partial charge in [-0.05, 0) is 50.2 Å². The van der Waals surface area contributed by atoms with Crippen LogP contribution < -0.4 is 15.5 Å². The van der Waals surface area contributed by atoms with Crippen LogP contribution in [0.1, 0.15) is 11.3 Å². The second kappa shape index (κ2) is 9.13. The van der Waals surface area contributed by atoms with E-state index in [9.17, 15) is 8.42 Å². The Kier molecular flexibility index (Phi) is 6.29. The van der Waals surface area contributed by atoms with Gasteiger partial charge in [-0.25, -0.2) is 13.4 Å². The van der Waals surface area contributed by atoms with Crippen molar-refractivity contribution < 1.29 is 8.42 Å². The van der Waals surface area contributed by atoms with Crippen LogP contribution in [0.5, 0.6) is 0 Å². The minimum Gasteiger partial charge on any atom is -0.388 e. The zero-order valence-electron chi connectivity index (χ0n) is 18.5. The molecule has 1 aromatic heterocycles. The average Bonchev–Trinajstić information content (AvgIpc) is 2.80. The molecular formula is C23H28N6O2S. The molecule has 168 valence electrons. The Bertz CT molecular complexity index is 1170. The molecule has 0 unspecified atom stereocenters. The van der Waals surface area contributed by atoms with Gasteiger partial charge in [-0.15, -0.1) is 0 Å². The Hall–Kier alpha value is -3.17. The van der Waals surface area contributed by atoms with Gasteiger partial charge in [0.05, 0.1) is 4.90 Å². The summed E-state index contributed by atoms with van der Waals surface area (Å²) in [6, 6.07) is 16.8. The number of nitrogens with one attached hydrogen (secondary N) is 2. The van der Waals surface area contributed by atoms with Crippen molar-refractivity contribution in [3.63, 3.8) is 0 Å². The van der Waals surface area contributed by atoms with Crippen LogP contribution in [-0.4, -0.2) is 55.9 Å². The van der Waals surface area contributed by atoms with E-state index in [-0.39, 0.29) is 0 Å². The van der Waals surface area contributed by atoms with Crippen molar-refractivity contribution in [3.8, 4) is 0 Å². The third-order valence-corrected chi connectivity index (χ3v) is 7.38. The van der Waals surface area contributed by atoms with Crippen LogP contribution in [0.4, 0.5) is 23.1 Å². The van der Waals surface area contributed by atoms with Crippen LogP contribution in [0.15, 0.2) is 59.5 Å².